The monoisotopic (exact) mass is 559 g/mol. The molecule has 37 heavy (non-hydrogen) atoms. The van der Waals surface area contributed by atoms with Gasteiger partial charge in [-0.1, -0.05) is 59.1 Å². The molecule has 194 valence electrons. The van der Waals surface area contributed by atoms with Gasteiger partial charge in [0.05, 0.1) is 36.3 Å². The summed E-state index contributed by atoms with van der Waals surface area (Å²) in [6.45, 7) is 3.74. The van der Waals surface area contributed by atoms with Gasteiger partial charge in [0, 0.05) is 10.0 Å². The number of esters is 1. The lowest BCUT2D eigenvalue weighted by Crippen LogP contribution is -2.42. The minimum atomic E-state index is -4.15. The third-order valence-corrected chi connectivity index (χ3v) is 8.74. The molecule has 0 bridgehead atoms. The lowest BCUT2D eigenvalue weighted by Gasteiger charge is -2.41. The van der Waals surface area contributed by atoms with Crippen molar-refractivity contribution in [1.29, 1.82) is 0 Å². The summed E-state index contributed by atoms with van der Waals surface area (Å²) in [6.07, 6.45) is 1.93. The van der Waals surface area contributed by atoms with Crippen molar-refractivity contribution in [2.75, 3.05) is 13.7 Å². The topological polar surface area (TPSA) is 72.9 Å². The van der Waals surface area contributed by atoms with Crippen LogP contribution in [0.15, 0.2) is 83.3 Å². The van der Waals surface area contributed by atoms with Gasteiger partial charge in [-0.25, -0.2) is 13.2 Å². The van der Waals surface area contributed by atoms with E-state index in [-0.39, 0.29) is 23.5 Å². The van der Waals surface area contributed by atoms with Crippen LogP contribution in [-0.2, 0) is 19.6 Å². The number of methoxy groups -OCH3 is 1. The fourth-order valence-corrected chi connectivity index (χ4v) is 6.66. The molecule has 0 saturated heterocycles. The van der Waals surface area contributed by atoms with E-state index in [0.717, 1.165) is 5.56 Å². The predicted molar refractivity (Wildman–Crippen MR) is 144 cm³/mol. The number of hydrogen-bond acceptors (Lipinski definition) is 5. The molecule has 9 heteroatoms. The number of aryl methyl sites for hydroxylation is 1. The number of hydrogen-bond donors (Lipinski definition) is 0. The number of sulfonamides is 1. The van der Waals surface area contributed by atoms with Crippen molar-refractivity contribution >= 4 is 39.2 Å². The number of carbonyl (C=O) groups is 1. The van der Waals surface area contributed by atoms with Crippen LogP contribution in [0, 0.1) is 6.92 Å². The van der Waals surface area contributed by atoms with Crippen LogP contribution in [0.4, 0.5) is 0 Å². The Morgan fingerprint density at radius 1 is 1.03 bits per heavy atom. The lowest BCUT2D eigenvalue weighted by atomic mass is 9.89. The third-order valence-electron chi connectivity index (χ3n) is 6.27. The van der Waals surface area contributed by atoms with Crippen LogP contribution in [0.25, 0.3) is 0 Å². The van der Waals surface area contributed by atoms with Crippen LogP contribution >= 0.6 is 23.2 Å². The molecular formula is C28H27Cl2NO5S. The van der Waals surface area contributed by atoms with Crippen LogP contribution in [0.5, 0.6) is 5.75 Å². The largest absolute Gasteiger partial charge is 0.497 e. The summed E-state index contributed by atoms with van der Waals surface area (Å²) in [5, 5.41) is 0.799. The highest BCUT2D eigenvalue weighted by atomic mass is 35.5. The second-order valence-corrected chi connectivity index (χ2v) is 11.3. The van der Waals surface area contributed by atoms with E-state index in [1.54, 1.807) is 86.8 Å². The molecule has 0 aromatic heterocycles. The standard InChI is InChI=1S/C28H27Cl2NO5S/c1-4-36-28(32)23-14-16-26(24-17-20(29)9-15-25(24)30)31(27(23)19-7-10-21(35-3)11-8-19)37(33,34)22-12-5-18(2)6-13-22/h5-15,17,26-27H,4,16H2,1-3H3/t26-,27-/m0/s1. The van der Waals surface area contributed by atoms with Crippen molar-refractivity contribution in [3.05, 3.63) is 105 Å². The van der Waals surface area contributed by atoms with Gasteiger partial charge in [-0.15, -0.1) is 0 Å². The number of benzene rings is 3. The fraction of sp³-hybridized carbons (Fsp3) is 0.250. The first-order valence-electron chi connectivity index (χ1n) is 11.7. The molecule has 4 rings (SSSR count). The molecule has 0 radical (unpaired) electrons. The number of ether oxygens (including phenoxy) is 2. The number of nitrogens with zero attached hydrogens (tertiary/aromatic N) is 1. The van der Waals surface area contributed by atoms with Gasteiger partial charge in [0.25, 0.3) is 0 Å². The average Bonchev–Trinajstić information content (AvgIpc) is 2.89. The minimum Gasteiger partial charge on any atom is -0.497 e. The average molecular weight is 560 g/mol. The Balaban J connectivity index is 1.99. The molecule has 0 aliphatic carbocycles. The van der Waals surface area contributed by atoms with Crippen molar-refractivity contribution in [3.63, 3.8) is 0 Å². The summed E-state index contributed by atoms with van der Waals surface area (Å²) in [5.74, 6) is 0.0201. The molecule has 0 spiro atoms. The minimum absolute atomic E-state index is 0.102. The molecule has 1 heterocycles. The zero-order valence-electron chi connectivity index (χ0n) is 20.6. The van der Waals surface area contributed by atoms with Crippen molar-refractivity contribution in [1.82, 2.24) is 4.31 Å². The molecule has 3 aromatic carbocycles. The Morgan fingerprint density at radius 3 is 2.32 bits per heavy atom. The van der Waals surface area contributed by atoms with E-state index in [2.05, 4.69) is 0 Å². The number of rotatable bonds is 7. The SMILES string of the molecule is CCOC(=O)C1=CC[C@@H](c2cc(Cl)ccc2Cl)N(S(=O)(=O)c2ccc(C)cc2)[C@H]1c1ccc(OC)cc1. The Bertz CT molecular complexity index is 1420. The fourth-order valence-electron chi connectivity index (χ4n) is 4.47. The molecule has 6 nitrogen and oxygen atoms in total. The summed E-state index contributed by atoms with van der Waals surface area (Å²) in [4.78, 5) is 13.2. The van der Waals surface area contributed by atoms with Crippen LogP contribution in [0.3, 0.4) is 0 Å². The quantitative estimate of drug-likeness (QED) is 0.302. The number of halogens is 2. The van der Waals surface area contributed by atoms with Crippen LogP contribution in [0.1, 0.15) is 42.1 Å². The van der Waals surface area contributed by atoms with Gasteiger partial charge in [0.2, 0.25) is 10.0 Å². The van der Waals surface area contributed by atoms with Crippen molar-refractivity contribution in [3.8, 4) is 5.75 Å². The highest BCUT2D eigenvalue weighted by Crippen LogP contribution is 2.47. The van der Waals surface area contributed by atoms with E-state index in [0.29, 0.717) is 26.9 Å². The van der Waals surface area contributed by atoms with E-state index in [4.69, 9.17) is 32.7 Å². The van der Waals surface area contributed by atoms with Crippen LogP contribution < -0.4 is 4.74 Å². The number of carbonyl (C=O) groups excluding carboxylic acids is 1. The van der Waals surface area contributed by atoms with Gasteiger partial charge in [-0.2, -0.15) is 4.31 Å². The molecule has 1 aliphatic rings. The van der Waals surface area contributed by atoms with Gasteiger partial charge >= 0.3 is 5.97 Å². The van der Waals surface area contributed by atoms with E-state index in [1.165, 1.54) is 4.31 Å². The first kappa shape index (κ1) is 27.2. The maximum absolute atomic E-state index is 14.4. The maximum Gasteiger partial charge on any atom is 0.335 e. The van der Waals surface area contributed by atoms with Gasteiger partial charge in [0.1, 0.15) is 5.75 Å². The summed E-state index contributed by atoms with van der Waals surface area (Å²) in [5.41, 5.74) is 2.28. The van der Waals surface area contributed by atoms with Crippen LogP contribution in [-0.4, -0.2) is 32.4 Å². The van der Waals surface area contributed by atoms with Crippen molar-refractivity contribution in [2.45, 2.75) is 37.2 Å². The molecular weight excluding hydrogens is 533 g/mol. The molecule has 0 saturated carbocycles. The second kappa shape index (κ2) is 11.3. The summed E-state index contributed by atoms with van der Waals surface area (Å²) in [7, 11) is -2.60. The Hall–Kier alpha value is -2.84. The Kier molecular flexibility index (Phi) is 8.29. The van der Waals surface area contributed by atoms with Gasteiger partial charge in [-0.3, -0.25) is 0 Å². The van der Waals surface area contributed by atoms with Crippen molar-refractivity contribution in [2.24, 2.45) is 0 Å². The molecule has 0 fully saturated rings. The zero-order valence-corrected chi connectivity index (χ0v) is 23.0. The molecule has 2 atom stereocenters. The highest BCUT2D eigenvalue weighted by Gasteiger charge is 2.45. The smallest absolute Gasteiger partial charge is 0.335 e. The van der Waals surface area contributed by atoms with E-state index < -0.39 is 28.1 Å². The van der Waals surface area contributed by atoms with Gasteiger partial charge in [0.15, 0.2) is 0 Å². The Labute approximate surface area is 227 Å². The molecule has 3 aromatic rings. The third kappa shape index (κ3) is 5.55. The van der Waals surface area contributed by atoms with Crippen LogP contribution in [0.2, 0.25) is 10.0 Å². The van der Waals surface area contributed by atoms with E-state index in [9.17, 15) is 13.2 Å². The van der Waals surface area contributed by atoms with E-state index >= 15 is 0 Å². The maximum atomic E-state index is 14.4. The molecule has 0 amide bonds. The normalized spacial score (nSPS) is 18.2. The zero-order chi connectivity index (χ0) is 26.7. The molecule has 0 unspecified atom stereocenters. The molecule has 1 aliphatic heterocycles. The summed E-state index contributed by atoms with van der Waals surface area (Å²) >= 11 is 12.9. The first-order valence-corrected chi connectivity index (χ1v) is 13.9. The van der Waals surface area contributed by atoms with Crippen molar-refractivity contribution < 1.29 is 22.7 Å². The summed E-state index contributed by atoms with van der Waals surface area (Å²) < 4.78 is 40.7. The predicted octanol–water partition coefficient (Wildman–Crippen LogP) is 6.68. The van der Waals surface area contributed by atoms with E-state index in [1.807, 2.05) is 6.92 Å². The molecule has 0 N–H and O–H groups in total. The highest BCUT2D eigenvalue weighted by molar-refractivity contribution is 7.89. The summed E-state index contributed by atoms with van der Waals surface area (Å²) in [6, 6.07) is 16.8. The first-order chi connectivity index (χ1) is 17.7. The lowest BCUT2D eigenvalue weighted by molar-refractivity contribution is -0.139. The Morgan fingerprint density at radius 2 is 1.70 bits per heavy atom. The second-order valence-electron chi connectivity index (χ2n) is 8.62. The van der Waals surface area contributed by atoms with Gasteiger partial charge < -0.3 is 9.47 Å². The van der Waals surface area contributed by atoms with Gasteiger partial charge in [-0.05, 0) is 73.9 Å².